The highest BCUT2D eigenvalue weighted by molar-refractivity contribution is 7.89. The third-order valence-electron chi connectivity index (χ3n) is 3.72. The van der Waals surface area contributed by atoms with E-state index in [-0.39, 0.29) is 22.6 Å². The summed E-state index contributed by atoms with van der Waals surface area (Å²) in [5.74, 6) is -0.577. The Morgan fingerprint density at radius 1 is 1.15 bits per heavy atom. The van der Waals surface area contributed by atoms with Gasteiger partial charge in [0, 0.05) is 6.04 Å². The molecule has 27 heavy (non-hydrogen) atoms. The number of nitrogens with one attached hydrogen (secondary N) is 1. The Balaban J connectivity index is 2.19. The van der Waals surface area contributed by atoms with Crippen molar-refractivity contribution in [3.63, 3.8) is 0 Å². The van der Waals surface area contributed by atoms with Gasteiger partial charge in [0.05, 0.1) is 22.6 Å². The number of alkyl halides is 3. The standard InChI is InChI=1S/C18H18F3NO4S/c1-3-26-17(23)13-7-9-16(10-8-13)27(24,25)22-12(2)14-5-4-6-15(11-14)18(19,20)21/h4-12,22H,3H2,1-2H3/t12-/m1/s1. The minimum atomic E-state index is -4.52. The van der Waals surface area contributed by atoms with Gasteiger partial charge in [0.15, 0.2) is 0 Å². The van der Waals surface area contributed by atoms with Crippen molar-refractivity contribution in [2.24, 2.45) is 0 Å². The highest BCUT2D eigenvalue weighted by atomic mass is 32.2. The zero-order chi connectivity index (χ0) is 20.2. The Morgan fingerprint density at radius 2 is 1.78 bits per heavy atom. The molecule has 1 N–H and O–H groups in total. The van der Waals surface area contributed by atoms with Gasteiger partial charge < -0.3 is 4.74 Å². The number of hydrogen-bond acceptors (Lipinski definition) is 4. The Morgan fingerprint density at radius 3 is 2.33 bits per heavy atom. The average Bonchev–Trinajstić information content (AvgIpc) is 2.61. The molecule has 0 aliphatic carbocycles. The molecule has 0 amide bonds. The Kier molecular flexibility index (Phi) is 6.27. The molecule has 0 saturated carbocycles. The van der Waals surface area contributed by atoms with Crippen molar-refractivity contribution in [3.8, 4) is 0 Å². The van der Waals surface area contributed by atoms with Gasteiger partial charge in [0.25, 0.3) is 0 Å². The molecule has 0 heterocycles. The smallest absolute Gasteiger partial charge is 0.416 e. The normalized spacial score (nSPS) is 13.2. The summed E-state index contributed by atoms with van der Waals surface area (Å²) in [6.07, 6.45) is -4.52. The molecular weight excluding hydrogens is 383 g/mol. The second-order valence-electron chi connectivity index (χ2n) is 5.71. The molecule has 0 radical (unpaired) electrons. The van der Waals surface area contributed by atoms with Gasteiger partial charge in [-0.05, 0) is 55.8 Å². The summed E-state index contributed by atoms with van der Waals surface area (Å²) >= 11 is 0. The van der Waals surface area contributed by atoms with E-state index >= 15 is 0 Å². The van der Waals surface area contributed by atoms with Crippen LogP contribution in [0.25, 0.3) is 0 Å². The fourth-order valence-corrected chi connectivity index (χ4v) is 3.57. The minimum Gasteiger partial charge on any atom is -0.462 e. The lowest BCUT2D eigenvalue weighted by atomic mass is 10.1. The molecular formula is C18H18F3NO4S. The first-order valence-corrected chi connectivity index (χ1v) is 9.49. The molecule has 1 atom stereocenters. The van der Waals surface area contributed by atoms with Crippen molar-refractivity contribution < 1.29 is 31.1 Å². The second kappa shape index (κ2) is 8.10. The van der Waals surface area contributed by atoms with Crippen LogP contribution in [0.3, 0.4) is 0 Å². The van der Waals surface area contributed by atoms with Crippen LogP contribution in [-0.4, -0.2) is 21.0 Å². The molecule has 0 bridgehead atoms. The van der Waals surface area contributed by atoms with Crippen molar-refractivity contribution in [2.75, 3.05) is 6.61 Å². The Labute approximate surface area is 155 Å². The zero-order valence-corrected chi connectivity index (χ0v) is 15.4. The van der Waals surface area contributed by atoms with Crippen LogP contribution in [0.2, 0.25) is 0 Å². The van der Waals surface area contributed by atoms with E-state index in [1.54, 1.807) is 6.92 Å². The van der Waals surface area contributed by atoms with E-state index in [0.717, 1.165) is 12.1 Å². The molecule has 0 aliphatic rings. The van der Waals surface area contributed by atoms with E-state index in [2.05, 4.69) is 4.72 Å². The SMILES string of the molecule is CCOC(=O)c1ccc(S(=O)(=O)N[C@H](C)c2cccc(C(F)(F)F)c2)cc1. The van der Waals surface area contributed by atoms with Gasteiger partial charge in [0.1, 0.15) is 0 Å². The lowest BCUT2D eigenvalue weighted by Gasteiger charge is -2.16. The fraction of sp³-hybridized carbons (Fsp3) is 0.278. The summed E-state index contributed by atoms with van der Waals surface area (Å²) in [6.45, 7) is 3.28. The van der Waals surface area contributed by atoms with Crippen molar-refractivity contribution >= 4 is 16.0 Å². The van der Waals surface area contributed by atoms with E-state index < -0.39 is 33.8 Å². The quantitative estimate of drug-likeness (QED) is 0.745. The van der Waals surface area contributed by atoms with E-state index in [0.29, 0.717) is 0 Å². The van der Waals surface area contributed by atoms with Crippen LogP contribution in [0, 0.1) is 0 Å². The van der Waals surface area contributed by atoms with E-state index in [1.165, 1.54) is 43.3 Å². The van der Waals surface area contributed by atoms with Crippen molar-refractivity contribution in [1.82, 2.24) is 4.72 Å². The number of halogens is 3. The van der Waals surface area contributed by atoms with Crippen LogP contribution in [0.1, 0.15) is 41.4 Å². The number of rotatable bonds is 6. The summed E-state index contributed by atoms with van der Waals surface area (Å²) in [5, 5.41) is 0. The molecule has 5 nitrogen and oxygen atoms in total. The van der Waals surface area contributed by atoms with E-state index in [1.807, 2.05) is 0 Å². The van der Waals surface area contributed by atoms with Gasteiger partial charge in [-0.1, -0.05) is 12.1 Å². The van der Waals surface area contributed by atoms with Crippen molar-refractivity contribution in [3.05, 3.63) is 65.2 Å². The van der Waals surface area contributed by atoms with Crippen LogP contribution in [0.5, 0.6) is 0 Å². The highest BCUT2D eigenvalue weighted by Gasteiger charge is 2.31. The van der Waals surface area contributed by atoms with E-state index in [9.17, 15) is 26.4 Å². The van der Waals surface area contributed by atoms with Crippen LogP contribution in [0.15, 0.2) is 53.4 Å². The summed E-state index contributed by atoms with van der Waals surface area (Å²) < 4.78 is 70.5. The highest BCUT2D eigenvalue weighted by Crippen LogP contribution is 2.31. The van der Waals surface area contributed by atoms with Gasteiger partial charge in [-0.15, -0.1) is 0 Å². The van der Waals surface area contributed by atoms with E-state index in [4.69, 9.17) is 4.74 Å². The molecule has 0 aromatic heterocycles. The first-order chi connectivity index (χ1) is 12.5. The predicted octanol–water partition coefficient (Wildman–Crippen LogP) is 3.92. The molecule has 2 rings (SSSR count). The largest absolute Gasteiger partial charge is 0.462 e. The molecule has 9 heteroatoms. The molecule has 146 valence electrons. The molecule has 0 aliphatic heterocycles. The molecule has 0 unspecified atom stereocenters. The molecule has 0 spiro atoms. The summed E-state index contributed by atoms with van der Waals surface area (Å²) in [5.41, 5.74) is -0.483. The minimum absolute atomic E-state index is 0.116. The van der Waals surface area contributed by atoms with Gasteiger partial charge in [-0.25, -0.2) is 17.9 Å². The van der Waals surface area contributed by atoms with Crippen LogP contribution < -0.4 is 4.72 Å². The lowest BCUT2D eigenvalue weighted by Crippen LogP contribution is -2.27. The van der Waals surface area contributed by atoms with Crippen molar-refractivity contribution in [2.45, 2.75) is 31.0 Å². The molecule has 0 fully saturated rings. The predicted molar refractivity (Wildman–Crippen MR) is 92.6 cm³/mol. The number of carbonyl (C=O) groups excluding carboxylic acids is 1. The van der Waals surface area contributed by atoms with Crippen LogP contribution in [0.4, 0.5) is 13.2 Å². The number of carbonyl (C=O) groups is 1. The number of sulfonamides is 1. The Hall–Kier alpha value is -2.39. The fourth-order valence-electron chi connectivity index (χ4n) is 2.34. The first-order valence-electron chi connectivity index (χ1n) is 8.01. The first kappa shape index (κ1) is 20.9. The number of ether oxygens (including phenoxy) is 1. The maximum atomic E-state index is 12.8. The van der Waals surface area contributed by atoms with Crippen LogP contribution in [-0.2, 0) is 20.9 Å². The maximum Gasteiger partial charge on any atom is 0.416 e. The van der Waals surface area contributed by atoms with Gasteiger partial charge in [-0.3, -0.25) is 0 Å². The lowest BCUT2D eigenvalue weighted by molar-refractivity contribution is -0.137. The topological polar surface area (TPSA) is 72.5 Å². The molecule has 2 aromatic rings. The number of esters is 1. The molecule has 0 saturated heterocycles. The summed E-state index contributed by atoms with van der Waals surface area (Å²) in [7, 11) is -3.99. The van der Waals surface area contributed by atoms with Gasteiger partial charge in [0.2, 0.25) is 10.0 Å². The third kappa shape index (κ3) is 5.30. The van der Waals surface area contributed by atoms with Crippen molar-refractivity contribution in [1.29, 1.82) is 0 Å². The van der Waals surface area contributed by atoms with Crippen LogP contribution >= 0.6 is 0 Å². The number of benzene rings is 2. The second-order valence-corrected chi connectivity index (χ2v) is 7.43. The maximum absolute atomic E-state index is 12.8. The summed E-state index contributed by atoms with van der Waals surface area (Å²) in [4.78, 5) is 11.5. The van der Waals surface area contributed by atoms with Gasteiger partial charge in [-0.2, -0.15) is 13.2 Å². The Bertz CT molecular complexity index is 909. The average molecular weight is 401 g/mol. The third-order valence-corrected chi connectivity index (χ3v) is 5.28. The zero-order valence-electron chi connectivity index (χ0n) is 14.6. The van der Waals surface area contributed by atoms with Gasteiger partial charge >= 0.3 is 12.1 Å². The number of hydrogen-bond donors (Lipinski definition) is 1. The molecule has 2 aromatic carbocycles. The monoisotopic (exact) mass is 401 g/mol. The summed E-state index contributed by atoms with van der Waals surface area (Å²) in [6, 6.07) is 8.63.